The Balaban J connectivity index is 1.81. The van der Waals surface area contributed by atoms with Gasteiger partial charge in [0.1, 0.15) is 6.04 Å². The number of rotatable bonds is 8. The summed E-state index contributed by atoms with van der Waals surface area (Å²) in [5.74, 6) is -1.09. The molecule has 0 radical (unpaired) electrons. The molecule has 28 heavy (non-hydrogen) atoms. The Morgan fingerprint density at radius 1 is 0.750 bits per heavy atom. The average Bonchev–Trinajstić information content (AvgIpc) is 2.74. The number of nitrogens with one attached hydrogen (secondary N) is 1. The van der Waals surface area contributed by atoms with Crippen molar-refractivity contribution in [2.75, 3.05) is 0 Å². The maximum atomic E-state index is 12.6. The van der Waals surface area contributed by atoms with Crippen molar-refractivity contribution < 1.29 is 9.59 Å². The molecule has 0 heterocycles. The summed E-state index contributed by atoms with van der Waals surface area (Å²) in [6, 6.07) is 28.3. The maximum Gasteiger partial charge on any atom is 0.240 e. The predicted octanol–water partition coefficient (Wildman–Crippen LogP) is 3.42. The van der Waals surface area contributed by atoms with Crippen molar-refractivity contribution in [3.63, 3.8) is 0 Å². The molecule has 0 aliphatic rings. The molecule has 3 aromatic rings. The second-order valence-corrected chi connectivity index (χ2v) is 6.73. The van der Waals surface area contributed by atoms with E-state index in [0.717, 1.165) is 16.7 Å². The van der Waals surface area contributed by atoms with Crippen LogP contribution in [0.4, 0.5) is 0 Å². The molecule has 0 bridgehead atoms. The number of hydrogen-bond acceptors (Lipinski definition) is 2. The molecule has 1 atom stereocenters. The van der Waals surface area contributed by atoms with Crippen molar-refractivity contribution in [3.8, 4) is 0 Å². The molecule has 3 N–H and O–H groups in total. The van der Waals surface area contributed by atoms with Gasteiger partial charge in [0.05, 0.1) is 0 Å². The monoisotopic (exact) mass is 372 g/mol. The van der Waals surface area contributed by atoms with E-state index in [9.17, 15) is 9.59 Å². The van der Waals surface area contributed by atoms with Gasteiger partial charge in [-0.3, -0.25) is 9.59 Å². The Labute approximate surface area is 165 Å². The third kappa shape index (κ3) is 5.07. The van der Waals surface area contributed by atoms with Crippen molar-refractivity contribution in [3.05, 3.63) is 108 Å². The average molecular weight is 372 g/mol. The van der Waals surface area contributed by atoms with Gasteiger partial charge < -0.3 is 11.1 Å². The molecule has 2 amide bonds. The minimum atomic E-state index is -0.826. The Bertz CT molecular complexity index is 856. The van der Waals surface area contributed by atoms with Gasteiger partial charge in [-0.05, 0) is 23.1 Å². The van der Waals surface area contributed by atoms with Crippen molar-refractivity contribution in [2.45, 2.75) is 24.8 Å². The van der Waals surface area contributed by atoms with E-state index in [1.165, 1.54) is 0 Å². The molecule has 0 unspecified atom stereocenters. The third-order valence-corrected chi connectivity index (χ3v) is 4.76. The van der Waals surface area contributed by atoms with Crippen LogP contribution < -0.4 is 11.1 Å². The van der Waals surface area contributed by atoms with Gasteiger partial charge in [-0.25, -0.2) is 0 Å². The van der Waals surface area contributed by atoms with Crippen LogP contribution in [-0.4, -0.2) is 17.9 Å². The number of carbonyl (C=O) groups excluding carboxylic acids is 2. The Morgan fingerprint density at radius 3 is 1.68 bits per heavy atom. The molecule has 0 aliphatic carbocycles. The van der Waals surface area contributed by atoms with E-state index < -0.39 is 11.9 Å². The predicted molar refractivity (Wildman–Crippen MR) is 111 cm³/mol. The zero-order chi connectivity index (χ0) is 19.8. The van der Waals surface area contributed by atoms with Crippen LogP contribution in [-0.2, 0) is 16.0 Å². The van der Waals surface area contributed by atoms with E-state index >= 15 is 0 Å². The van der Waals surface area contributed by atoms with Crippen LogP contribution >= 0.6 is 0 Å². The summed E-state index contributed by atoms with van der Waals surface area (Å²) < 4.78 is 0. The maximum absolute atomic E-state index is 12.6. The molecule has 0 spiro atoms. The van der Waals surface area contributed by atoms with Crippen molar-refractivity contribution in [2.24, 2.45) is 5.73 Å². The van der Waals surface area contributed by atoms with Crippen LogP contribution in [0.2, 0.25) is 0 Å². The largest absolute Gasteiger partial charge is 0.368 e. The first-order valence-electron chi connectivity index (χ1n) is 9.37. The smallest absolute Gasteiger partial charge is 0.240 e. The van der Waals surface area contributed by atoms with Crippen molar-refractivity contribution >= 4 is 11.8 Å². The number of amides is 2. The molecule has 0 fully saturated rings. The van der Waals surface area contributed by atoms with Crippen molar-refractivity contribution in [1.29, 1.82) is 0 Å². The molecule has 0 saturated carbocycles. The van der Waals surface area contributed by atoms with Gasteiger partial charge in [-0.15, -0.1) is 0 Å². The van der Waals surface area contributed by atoms with Crippen LogP contribution in [0.15, 0.2) is 91.0 Å². The van der Waals surface area contributed by atoms with Gasteiger partial charge in [0, 0.05) is 12.3 Å². The standard InChI is InChI=1S/C24H24N2O2/c25-24(28)23(26-21(27)17-16-18-10-4-1-5-11-18)22(19-12-6-2-7-13-19)20-14-8-3-9-15-20/h1-15,22-23H,16-17H2,(H2,25,28)(H,26,27)/t23-/m0/s1. The molecule has 0 saturated heterocycles. The number of aryl methyl sites for hydroxylation is 1. The van der Waals surface area contributed by atoms with Gasteiger partial charge in [0.15, 0.2) is 0 Å². The molecule has 4 heteroatoms. The fourth-order valence-corrected chi connectivity index (χ4v) is 3.36. The quantitative estimate of drug-likeness (QED) is 0.636. The first-order valence-corrected chi connectivity index (χ1v) is 9.37. The number of carbonyl (C=O) groups is 2. The molecular formula is C24H24N2O2. The molecule has 3 aromatic carbocycles. The van der Waals surface area contributed by atoms with Crippen LogP contribution in [0.25, 0.3) is 0 Å². The van der Waals surface area contributed by atoms with E-state index in [1.54, 1.807) is 0 Å². The highest BCUT2D eigenvalue weighted by atomic mass is 16.2. The number of benzene rings is 3. The lowest BCUT2D eigenvalue weighted by Crippen LogP contribution is -2.48. The summed E-state index contributed by atoms with van der Waals surface area (Å²) >= 11 is 0. The van der Waals surface area contributed by atoms with E-state index in [-0.39, 0.29) is 11.8 Å². The molecule has 0 aliphatic heterocycles. The fraction of sp³-hybridized carbons (Fsp3) is 0.167. The second-order valence-electron chi connectivity index (χ2n) is 6.73. The Hall–Kier alpha value is -3.40. The van der Waals surface area contributed by atoms with Crippen LogP contribution in [0.1, 0.15) is 29.0 Å². The number of hydrogen-bond donors (Lipinski definition) is 2. The lowest BCUT2D eigenvalue weighted by molar-refractivity contribution is -0.127. The number of nitrogens with two attached hydrogens (primary N) is 1. The summed E-state index contributed by atoms with van der Waals surface area (Å²) in [6.07, 6.45) is 0.906. The summed E-state index contributed by atoms with van der Waals surface area (Å²) in [5, 5.41) is 2.87. The SMILES string of the molecule is NC(=O)[C@@H](NC(=O)CCc1ccccc1)C(c1ccccc1)c1ccccc1. The summed E-state index contributed by atoms with van der Waals surface area (Å²) in [7, 11) is 0. The van der Waals surface area contributed by atoms with Gasteiger partial charge in [-0.2, -0.15) is 0 Å². The highest BCUT2D eigenvalue weighted by molar-refractivity contribution is 5.88. The van der Waals surface area contributed by atoms with Gasteiger partial charge in [-0.1, -0.05) is 91.0 Å². The summed E-state index contributed by atoms with van der Waals surface area (Å²) in [5.41, 5.74) is 8.66. The van der Waals surface area contributed by atoms with Crippen LogP contribution in [0, 0.1) is 0 Å². The van der Waals surface area contributed by atoms with E-state index in [1.807, 2.05) is 91.0 Å². The highest BCUT2D eigenvalue weighted by Crippen LogP contribution is 2.28. The van der Waals surface area contributed by atoms with Crippen molar-refractivity contribution in [1.82, 2.24) is 5.32 Å². The summed E-state index contributed by atoms with van der Waals surface area (Å²) in [6.45, 7) is 0. The van der Waals surface area contributed by atoms with E-state index in [4.69, 9.17) is 5.73 Å². The Morgan fingerprint density at radius 2 is 1.21 bits per heavy atom. The molecule has 4 nitrogen and oxygen atoms in total. The van der Waals surface area contributed by atoms with Gasteiger partial charge >= 0.3 is 0 Å². The second kappa shape index (κ2) is 9.51. The first-order chi connectivity index (χ1) is 13.6. The lowest BCUT2D eigenvalue weighted by atomic mass is 9.84. The highest BCUT2D eigenvalue weighted by Gasteiger charge is 2.30. The summed E-state index contributed by atoms with van der Waals surface area (Å²) in [4.78, 5) is 24.9. The third-order valence-electron chi connectivity index (χ3n) is 4.76. The van der Waals surface area contributed by atoms with Gasteiger partial charge in [0.2, 0.25) is 11.8 Å². The van der Waals surface area contributed by atoms with Gasteiger partial charge in [0.25, 0.3) is 0 Å². The fourth-order valence-electron chi connectivity index (χ4n) is 3.36. The minimum Gasteiger partial charge on any atom is -0.368 e. The van der Waals surface area contributed by atoms with E-state index in [2.05, 4.69) is 5.32 Å². The molecule has 3 rings (SSSR count). The topological polar surface area (TPSA) is 72.2 Å². The van der Waals surface area contributed by atoms with Crippen LogP contribution in [0.5, 0.6) is 0 Å². The van der Waals surface area contributed by atoms with Crippen LogP contribution in [0.3, 0.4) is 0 Å². The Kier molecular flexibility index (Phi) is 6.58. The first kappa shape index (κ1) is 19.4. The zero-order valence-corrected chi connectivity index (χ0v) is 15.6. The zero-order valence-electron chi connectivity index (χ0n) is 15.6. The lowest BCUT2D eigenvalue weighted by Gasteiger charge is -2.27. The normalized spacial score (nSPS) is 11.8. The minimum absolute atomic E-state index is 0.190. The molecule has 0 aromatic heterocycles. The number of primary amides is 1. The molecule has 142 valence electrons. The van der Waals surface area contributed by atoms with E-state index in [0.29, 0.717) is 12.8 Å². The molecular weight excluding hydrogens is 348 g/mol.